The van der Waals surface area contributed by atoms with E-state index in [-0.39, 0.29) is 6.04 Å². The molecular formula is C20H22N6OS. The quantitative estimate of drug-likeness (QED) is 0.444. The van der Waals surface area contributed by atoms with E-state index in [9.17, 15) is 0 Å². The zero-order valence-electron chi connectivity index (χ0n) is 15.8. The van der Waals surface area contributed by atoms with E-state index in [0.29, 0.717) is 6.54 Å². The summed E-state index contributed by atoms with van der Waals surface area (Å²) in [6.07, 6.45) is 0.721. The lowest BCUT2D eigenvalue weighted by Gasteiger charge is -2.14. The first-order valence-corrected chi connectivity index (χ1v) is 9.85. The number of rotatable bonds is 7. The molecule has 0 radical (unpaired) electrons. The second-order valence-corrected chi connectivity index (χ2v) is 7.63. The van der Waals surface area contributed by atoms with Crippen LogP contribution in [0.15, 0.2) is 42.5 Å². The van der Waals surface area contributed by atoms with Crippen LogP contribution in [0, 0.1) is 6.92 Å². The van der Waals surface area contributed by atoms with Gasteiger partial charge in [0, 0.05) is 29.2 Å². The minimum Gasteiger partial charge on any atom is -0.496 e. The Labute approximate surface area is 167 Å². The fourth-order valence-electron chi connectivity index (χ4n) is 3.13. The number of fused-ring (bicyclic) bond motifs is 1. The third kappa shape index (κ3) is 3.83. The van der Waals surface area contributed by atoms with Gasteiger partial charge in [0.05, 0.1) is 12.6 Å². The van der Waals surface area contributed by atoms with Gasteiger partial charge in [0.2, 0.25) is 5.13 Å². The molecule has 7 nitrogen and oxygen atoms in total. The first-order valence-electron chi connectivity index (χ1n) is 9.04. The van der Waals surface area contributed by atoms with Crippen molar-refractivity contribution in [2.24, 2.45) is 5.73 Å². The third-order valence-electron chi connectivity index (χ3n) is 4.61. The van der Waals surface area contributed by atoms with E-state index in [2.05, 4.69) is 31.8 Å². The molecule has 0 aliphatic carbocycles. The van der Waals surface area contributed by atoms with E-state index < -0.39 is 0 Å². The average molecular weight is 395 g/mol. The van der Waals surface area contributed by atoms with Crippen molar-refractivity contribution in [3.05, 3.63) is 53.7 Å². The van der Waals surface area contributed by atoms with Crippen molar-refractivity contribution in [3.8, 4) is 16.3 Å². The molecule has 1 atom stereocenters. The number of aryl methyl sites for hydroxylation is 1. The number of nitrogens with two attached hydrogens (primary N) is 1. The molecule has 4 N–H and O–H groups in total. The van der Waals surface area contributed by atoms with Gasteiger partial charge in [-0.15, -0.1) is 10.2 Å². The zero-order chi connectivity index (χ0) is 19.5. The maximum Gasteiger partial charge on any atom is 0.206 e. The predicted octanol–water partition coefficient (Wildman–Crippen LogP) is 3.38. The lowest BCUT2D eigenvalue weighted by molar-refractivity contribution is 0.408. The minimum atomic E-state index is -0.0615. The summed E-state index contributed by atoms with van der Waals surface area (Å²) in [6.45, 7) is 2.61. The van der Waals surface area contributed by atoms with Crippen LogP contribution in [0.4, 0.5) is 5.13 Å². The van der Waals surface area contributed by atoms with Crippen molar-refractivity contribution >= 4 is 27.4 Å². The number of hydrogen-bond acceptors (Lipinski definition) is 7. The van der Waals surface area contributed by atoms with Crippen molar-refractivity contribution in [1.29, 1.82) is 0 Å². The van der Waals surface area contributed by atoms with Crippen LogP contribution in [0.3, 0.4) is 0 Å². The van der Waals surface area contributed by atoms with Crippen LogP contribution in [0.1, 0.15) is 11.3 Å². The summed E-state index contributed by atoms with van der Waals surface area (Å²) >= 11 is 1.51. The molecule has 4 aromatic rings. The topological polar surface area (TPSA) is 102 Å². The molecule has 0 spiro atoms. The number of methoxy groups -OCH3 is 1. The first-order chi connectivity index (χ1) is 13.6. The molecule has 2 heterocycles. The molecule has 2 aromatic carbocycles. The summed E-state index contributed by atoms with van der Waals surface area (Å²) in [7, 11) is 1.67. The van der Waals surface area contributed by atoms with Crippen LogP contribution in [-0.2, 0) is 6.42 Å². The molecule has 28 heavy (non-hydrogen) atoms. The molecular weight excluding hydrogens is 372 g/mol. The van der Waals surface area contributed by atoms with Gasteiger partial charge < -0.3 is 15.8 Å². The van der Waals surface area contributed by atoms with Crippen LogP contribution in [0.25, 0.3) is 21.5 Å². The smallest absolute Gasteiger partial charge is 0.206 e. The fraction of sp³-hybridized carbons (Fsp3) is 0.250. The molecule has 0 aliphatic rings. The van der Waals surface area contributed by atoms with Crippen molar-refractivity contribution in [1.82, 2.24) is 20.4 Å². The van der Waals surface area contributed by atoms with Gasteiger partial charge in [0.15, 0.2) is 0 Å². The molecule has 0 fully saturated rings. The van der Waals surface area contributed by atoms with Crippen LogP contribution in [0.2, 0.25) is 0 Å². The highest BCUT2D eigenvalue weighted by molar-refractivity contribution is 7.18. The number of nitrogens with zero attached hydrogens (tertiary/aromatic N) is 3. The van der Waals surface area contributed by atoms with Crippen LogP contribution in [-0.4, -0.2) is 40.1 Å². The Kier molecular flexibility index (Phi) is 5.23. The maximum absolute atomic E-state index is 6.29. The molecule has 0 amide bonds. The second kappa shape index (κ2) is 7.95. The van der Waals surface area contributed by atoms with E-state index in [0.717, 1.165) is 50.0 Å². The van der Waals surface area contributed by atoms with Crippen molar-refractivity contribution in [3.63, 3.8) is 0 Å². The number of hydrogen-bond donors (Lipinski definition) is 3. The lowest BCUT2D eigenvalue weighted by Crippen LogP contribution is -2.31. The SMILES string of the molecule is COc1ccccc1C[C@H](N)CNc1nnc(-c2ccc3n[nH]c(C)c3c2)s1. The number of aromatic amines is 1. The second-order valence-electron chi connectivity index (χ2n) is 6.65. The number of benzene rings is 2. The van der Waals surface area contributed by atoms with Gasteiger partial charge in [-0.2, -0.15) is 5.10 Å². The van der Waals surface area contributed by atoms with E-state index in [1.807, 2.05) is 43.3 Å². The number of nitrogens with one attached hydrogen (secondary N) is 2. The molecule has 8 heteroatoms. The van der Waals surface area contributed by atoms with Gasteiger partial charge >= 0.3 is 0 Å². The fourth-order valence-corrected chi connectivity index (χ4v) is 3.87. The average Bonchev–Trinajstić information content (AvgIpc) is 3.34. The Bertz CT molecular complexity index is 1090. The highest BCUT2D eigenvalue weighted by atomic mass is 32.1. The molecule has 0 saturated heterocycles. The summed E-state index contributed by atoms with van der Waals surface area (Å²) in [5.74, 6) is 0.862. The van der Waals surface area contributed by atoms with E-state index in [4.69, 9.17) is 10.5 Å². The molecule has 144 valence electrons. The molecule has 0 saturated carbocycles. The predicted molar refractivity (Wildman–Crippen MR) is 113 cm³/mol. The number of aromatic nitrogens is 4. The monoisotopic (exact) mass is 394 g/mol. The standard InChI is InChI=1S/C20H22N6OS/c1-12-16-10-14(7-8-17(16)24-23-12)19-25-26-20(28-19)22-11-15(21)9-13-5-3-4-6-18(13)27-2/h3-8,10,15H,9,11,21H2,1-2H3,(H,22,26)(H,23,24)/t15-/m0/s1. The maximum atomic E-state index is 6.29. The molecule has 0 unspecified atom stereocenters. The normalized spacial score (nSPS) is 12.2. The van der Waals surface area contributed by atoms with E-state index in [1.54, 1.807) is 7.11 Å². The highest BCUT2D eigenvalue weighted by Gasteiger charge is 2.12. The summed E-state index contributed by atoms with van der Waals surface area (Å²) in [5, 5.41) is 21.8. The third-order valence-corrected chi connectivity index (χ3v) is 5.54. The first kappa shape index (κ1) is 18.4. The summed E-state index contributed by atoms with van der Waals surface area (Å²) in [4.78, 5) is 0. The molecule has 2 aromatic heterocycles. The number of H-pyrrole nitrogens is 1. The van der Waals surface area contributed by atoms with Crippen molar-refractivity contribution in [2.45, 2.75) is 19.4 Å². The number of anilines is 1. The largest absolute Gasteiger partial charge is 0.496 e. The molecule has 0 aliphatic heterocycles. The highest BCUT2D eigenvalue weighted by Crippen LogP contribution is 2.29. The minimum absolute atomic E-state index is 0.0615. The van der Waals surface area contributed by atoms with Gasteiger partial charge in [-0.05, 0) is 43.2 Å². The summed E-state index contributed by atoms with van der Waals surface area (Å²) in [5.41, 5.74) is 10.4. The summed E-state index contributed by atoms with van der Waals surface area (Å²) < 4.78 is 5.39. The Morgan fingerprint density at radius 1 is 1.21 bits per heavy atom. The van der Waals surface area contributed by atoms with E-state index >= 15 is 0 Å². The summed E-state index contributed by atoms with van der Waals surface area (Å²) in [6, 6.07) is 14.0. The van der Waals surface area contributed by atoms with Crippen LogP contribution < -0.4 is 15.8 Å². The Morgan fingerprint density at radius 2 is 2.07 bits per heavy atom. The number of ether oxygens (including phenoxy) is 1. The van der Waals surface area contributed by atoms with Crippen LogP contribution >= 0.6 is 11.3 Å². The van der Waals surface area contributed by atoms with E-state index in [1.165, 1.54) is 11.3 Å². The van der Waals surface area contributed by atoms with Crippen molar-refractivity contribution < 1.29 is 4.74 Å². The van der Waals surface area contributed by atoms with Crippen molar-refractivity contribution in [2.75, 3.05) is 19.0 Å². The van der Waals surface area contributed by atoms with Gasteiger partial charge in [0.1, 0.15) is 10.8 Å². The molecule has 4 rings (SSSR count). The van der Waals surface area contributed by atoms with Gasteiger partial charge in [-0.1, -0.05) is 29.5 Å². The number of para-hydroxylation sites is 1. The lowest BCUT2D eigenvalue weighted by atomic mass is 10.1. The Hall–Kier alpha value is -2.97. The van der Waals surface area contributed by atoms with Gasteiger partial charge in [0.25, 0.3) is 0 Å². The van der Waals surface area contributed by atoms with Crippen LogP contribution in [0.5, 0.6) is 5.75 Å². The van der Waals surface area contributed by atoms with Gasteiger partial charge in [-0.25, -0.2) is 0 Å². The Balaban J connectivity index is 1.41. The Morgan fingerprint density at radius 3 is 2.93 bits per heavy atom. The zero-order valence-corrected chi connectivity index (χ0v) is 16.6. The van der Waals surface area contributed by atoms with Gasteiger partial charge in [-0.3, -0.25) is 5.10 Å². The molecule has 0 bridgehead atoms.